The molecule has 0 radical (unpaired) electrons. The molecule has 2 rings (SSSR count). The Hall–Kier alpha value is -0.720. The van der Waals surface area contributed by atoms with E-state index in [0.29, 0.717) is 23.7 Å². The van der Waals surface area contributed by atoms with Crippen molar-refractivity contribution in [3.05, 3.63) is 24.3 Å². The van der Waals surface area contributed by atoms with Gasteiger partial charge in [-0.3, -0.25) is 0 Å². The lowest BCUT2D eigenvalue weighted by Crippen LogP contribution is -2.44. The maximum Gasteiger partial charge on any atom is 0.245 e. The highest BCUT2D eigenvalue weighted by Crippen LogP contribution is 2.28. The number of benzene rings is 1. The molecule has 0 saturated carbocycles. The Morgan fingerprint density at radius 1 is 1.42 bits per heavy atom. The molecule has 0 aromatic heterocycles. The van der Waals surface area contributed by atoms with Gasteiger partial charge in [-0.05, 0) is 26.0 Å². The Kier molecular flexibility index (Phi) is 4.76. The molecule has 0 spiro atoms. The molecule has 1 aromatic carbocycles. The standard InChI is InChI=1S/C13H20N2O2S2/c1-3-14-12-6-4-5-7-13(12)19(16,17)15-8-9-18-10-11(15)2/h4-7,11,14H,3,8-10H2,1-2H3. The second-order valence-corrected chi connectivity index (χ2v) is 7.57. The van der Waals surface area contributed by atoms with Crippen LogP contribution in [0.4, 0.5) is 5.69 Å². The Morgan fingerprint density at radius 2 is 2.16 bits per heavy atom. The first-order chi connectivity index (χ1) is 9.07. The van der Waals surface area contributed by atoms with Gasteiger partial charge < -0.3 is 5.32 Å². The fourth-order valence-corrected chi connectivity index (χ4v) is 5.25. The summed E-state index contributed by atoms with van der Waals surface area (Å²) in [6, 6.07) is 7.18. The second-order valence-electron chi connectivity index (χ2n) is 4.57. The molecule has 1 aromatic rings. The summed E-state index contributed by atoms with van der Waals surface area (Å²) in [5.41, 5.74) is 0.690. The zero-order valence-electron chi connectivity index (χ0n) is 11.3. The highest BCUT2D eigenvalue weighted by Gasteiger charge is 2.32. The third kappa shape index (κ3) is 3.07. The van der Waals surface area contributed by atoms with Gasteiger partial charge in [-0.1, -0.05) is 12.1 Å². The van der Waals surface area contributed by atoms with Crippen LogP contribution in [0, 0.1) is 0 Å². The third-order valence-electron chi connectivity index (χ3n) is 3.15. The van der Waals surface area contributed by atoms with Gasteiger partial charge in [-0.25, -0.2) is 8.42 Å². The van der Waals surface area contributed by atoms with E-state index < -0.39 is 10.0 Å². The van der Waals surface area contributed by atoms with Gasteiger partial charge in [0.05, 0.1) is 5.69 Å². The predicted octanol–water partition coefficient (Wildman–Crippen LogP) is 2.24. The Bertz CT molecular complexity index is 531. The second kappa shape index (κ2) is 6.15. The fourth-order valence-electron chi connectivity index (χ4n) is 2.22. The van der Waals surface area contributed by atoms with Crippen LogP contribution in [0.2, 0.25) is 0 Å². The van der Waals surface area contributed by atoms with Crippen molar-refractivity contribution in [2.45, 2.75) is 24.8 Å². The number of hydrogen-bond acceptors (Lipinski definition) is 4. The fraction of sp³-hybridized carbons (Fsp3) is 0.538. The van der Waals surface area contributed by atoms with E-state index in [9.17, 15) is 8.42 Å². The van der Waals surface area contributed by atoms with Gasteiger partial charge in [-0.2, -0.15) is 16.1 Å². The smallest absolute Gasteiger partial charge is 0.245 e. The quantitative estimate of drug-likeness (QED) is 0.926. The molecule has 1 saturated heterocycles. The van der Waals surface area contributed by atoms with Gasteiger partial charge in [0.25, 0.3) is 0 Å². The lowest BCUT2D eigenvalue weighted by atomic mass is 10.3. The summed E-state index contributed by atoms with van der Waals surface area (Å²) < 4.78 is 27.2. The summed E-state index contributed by atoms with van der Waals surface area (Å²) in [7, 11) is -3.41. The summed E-state index contributed by atoms with van der Waals surface area (Å²) in [6.45, 7) is 5.23. The molecule has 4 nitrogen and oxygen atoms in total. The highest BCUT2D eigenvalue weighted by molar-refractivity contribution is 7.99. The molecule has 1 N–H and O–H groups in total. The molecule has 1 heterocycles. The van der Waals surface area contributed by atoms with E-state index in [1.165, 1.54) is 0 Å². The molecule has 19 heavy (non-hydrogen) atoms. The minimum atomic E-state index is -3.41. The number of rotatable bonds is 4. The first-order valence-corrected chi connectivity index (χ1v) is 9.09. The van der Waals surface area contributed by atoms with E-state index in [2.05, 4.69) is 5.32 Å². The van der Waals surface area contributed by atoms with Crippen LogP contribution in [0.5, 0.6) is 0 Å². The molecule has 1 atom stereocenters. The Labute approximate surface area is 119 Å². The van der Waals surface area contributed by atoms with E-state index in [1.807, 2.05) is 37.7 Å². The van der Waals surface area contributed by atoms with Crippen molar-refractivity contribution < 1.29 is 8.42 Å². The van der Waals surface area contributed by atoms with E-state index in [-0.39, 0.29) is 6.04 Å². The van der Waals surface area contributed by atoms with Gasteiger partial charge >= 0.3 is 0 Å². The number of sulfonamides is 1. The van der Waals surface area contributed by atoms with Crippen LogP contribution in [0.25, 0.3) is 0 Å². The highest BCUT2D eigenvalue weighted by atomic mass is 32.2. The van der Waals surface area contributed by atoms with Gasteiger partial charge in [0.2, 0.25) is 10.0 Å². The molecule has 0 amide bonds. The molecular formula is C13H20N2O2S2. The average Bonchev–Trinajstić information content (AvgIpc) is 2.40. The molecule has 0 bridgehead atoms. The number of nitrogens with one attached hydrogen (secondary N) is 1. The number of hydrogen-bond donors (Lipinski definition) is 1. The topological polar surface area (TPSA) is 49.4 Å². The van der Waals surface area contributed by atoms with E-state index in [4.69, 9.17) is 0 Å². The monoisotopic (exact) mass is 300 g/mol. The van der Waals surface area contributed by atoms with E-state index in [1.54, 1.807) is 16.4 Å². The van der Waals surface area contributed by atoms with Crippen LogP contribution in [-0.4, -0.2) is 43.4 Å². The summed E-state index contributed by atoms with van der Waals surface area (Å²) in [4.78, 5) is 0.385. The lowest BCUT2D eigenvalue weighted by molar-refractivity contribution is 0.368. The molecule has 1 fully saturated rings. The molecule has 1 aliphatic heterocycles. The van der Waals surface area contributed by atoms with Crippen LogP contribution in [-0.2, 0) is 10.0 Å². The summed E-state index contributed by atoms with van der Waals surface area (Å²) in [5, 5.41) is 3.13. The number of anilines is 1. The van der Waals surface area contributed by atoms with Crippen LogP contribution >= 0.6 is 11.8 Å². The van der Waals surface area contributed by atoms with Crippen molar-refractivity contribution >= 4 is 27.5 Å². The Balaban J connectivity index is 2.38. The number of para-hydroxylation sites is 1. The van der Waals surface area contributed by atoms with Crippen molar-refractivity contribution in [3.63, 3.8) is 0 Å². The minimum Gasteiger partial charge on any atom is -0.384 e. The first kappa shape index (κ1) is 14.7. The van der Waals surface area contributed by atoms with Crippen molar-refractivity contribution in [2.24, 2.45) is 0 Å². The summed E-state index contributed by atoms with van der Waals surface area (Å²) in [5.74, 6) is 1.73. The van der Waals surface area contributed by atoms with E-state index in [0.717, 1.165) is 11.5 Å². The maximum atomic E-state index is 12.8. The largest absolute Gasteiger partial charge is 0.384 e. The van der Waals surface area contributed by atoms with Crippen LogP contribution < -0.4 is 5.32 Å². The molecular weight excluding hydrogens is 280 g/mol. The number of thioether (sulfide) groups is 1. The Morgan fingerprint density at radius 3 is 2.84 bits per heavy atom. The molecule has 1 aliphatic rings. The predicted molar refractivity (Wildman–Crippen MR) is 81.3 cm³/mol. The van der Waals surface area contributed by atoms with Crippen molar-refractivity contribution in [2.75, 3.05) is 29.9 Å². The molecule has 0 aliphatic carbocycles. The zero-order chi connectivity index (χ0) is 13.9. The molecule has 6 heteroatoms. The van der Waals surface area contributed by atoms with Gasteiger partial charge in [-0.15, -0.1) is 0 Å². The van der Waals surface area contributed by atoms with Gasteiger partial charge in [0.15, 0.2) is 0 Å². The molecule has 106 valence electrons. The van der Waals surface area contributed by atoms with Crippen molar-refractivity contribution in [3.8, 4) is 0 Å². The lowest BCUT2D eigenvalue weighted by Gasteiger charge is -2.32. The minimum absolute atomic E-state index is 0.0541. The number of nitrogens with zero attached hydrogens (tertiary/aromatic N) is 1. The van der Waals surface area contributed by atoms with Crippen LogP contribution in [0.1, 0.15) is 13.8 Å². The van der Waals surface area contributed by atoms with Crippen LogP contribution in [0.15, 0.2) is 29.2 Å². The SMILES string of the molecule is CCNc1ccccc1S(=O)(=O)N1CCSCC1C. The van der Waals surface area contributed by atoms with Gasteiger partial charge in [0, 0.05) is 30.6 Å². The maximum absolute atomic E-state index is 12.8. The van der Waals surface area contributed by atoms with Gasteiger partial charge in [0.1, 0.15) is 4.90 Å². The zero-order valence-corrected chi connectivity index (χ0v) is 12.9. The van der Waals surface area contributed by atoms with Crippen molar-refractivity contribution in [1.82, 2.24) is 4.31 Å². The summed E-state index contributed by atoms with van der Waals surface area (Å²) in [6.07, 6.45) is 0. The van der Waals surface area contributed by atoms with Crippen molar-refractivity contribution in [1.29, 1.82) is 0 Å². The molecule has 1 unspecified atom stereocenters. The normalized spacial score (nSPS) is 21.3. The first-order valence-electron chi connectivity index (χ1n) is 6.50. The summed E-state index contributed by atoms with van der Waals surface area (Å²) >= 11 is 1.81. The third-order valence-corrected chi connectivity index (χ3v) is 6.41. The average molecular weight is 300 g/mol. The van der Waals surface area contributed by atoms with E-state index >= 15 is 0 Å². The van der Waals surface area contributed by atoms with Crippen LogP contribution in [0.3, 0.4) is 0 Å².